The van der Waals surface area contributed by atoms with Gasteiger partial charge < -0.3 is 20.1 Å². The Bertz CT molecular complexity index is 1460. The summed E-state index contributed by atoms with van der Waals surface area (Å²) < 4.78 is 3.68. The van der Waals surface area contributed by atoms with Crippen LogP contribution in [0.5, 0.6) is 0 Å². The number of carbonyl (C=O) groups excluding carboxylic acids is 1. The second kappa shape index (κ2) is 9.37. The smallest absolute Gasteiger partial charge is 0.229 e. The summed E-state index contributed by atoms with van der Waals surface area (Å²) in [5.74, 6) is 1.12. The van der Waals surface area contributed by atoms with E-state index in [1.54, 1.807) is 16.9 Å². The minimum atomic E-state index is -0.719. The molecule has 1 fully saturated rings. The summed E-state index contributed by atoms with van der Waals surface area (Å²) in [5.41, 5.74) is 3.83. The number of benzene rings is 1. The second-order valence-corrected chi connectivity index (χ2v) is 10.8. The summed E-state index contributed by atoms with van der Waals surface area (Å²) in [7, 11) is 1.94. The number of fused-ring (bicyclic) bond motifs is 1. The second-order valence-electron chi connectivity index (χ2n) is 10.8. The van der Waals surface area contributed by atoms with E-state index in [9.17, 15) is 15.0 Å². The third kappa shape index (κ3) is 5.00. The average molecular weight is 504 g/mol. The summed E-state index contributed by atoms with van der Waals surface area (Å²) in [5, 5.41) is 28.4. The van der Waals surface area contributed by atoms with Crippen LogP contribution in [0.15, 0.2) is 42.9 Å². The molecule has 0 aliphatic carbocycles. The number of nitrogens with one attached hydrogen (secondary N) is 1. The molecule has 3 N–H and O–H groups in total. The third-order valence-electron chi connectivity index (χ3n) is 6.78. The van der Waals surface area contributed by atoms with Crippen molar-refractivity contribution >= 4 is 28.3 Å². The van der Waals surface area contributed by atoms with E-state index in [0.29, 0.717) is 37.0 Å². The summed E-state index contributed by atoms with van der Waals surface area (Å²) in [6, 6.07) is 7.67. The molecule has 37 heavy (non-hydrogen) atoms. The van der Waals surface area contributed by atoms with Gasteiger partial charge in [0, 0.05) is 84.5 Å². The van der Waals surface area contributed by atoms with Crippen LogP contribution in [0.4, 0.5) is 11.6 Å². The van der Waals surface area contributed by atoms with Gasteiger partial charge in [0.2, 0.25) is 5.95 Å². The molecule has 4 heterocycles. The van der Waals surface area contributed by atoms with Gasteiger partial charge in [-0.25, -0.2) is 9.67 Å². The molecule has 4 aromatic rings. The minimum Gasteiger partial charge on any atom is -0.389 e. The maximum atomic E-state index is 13.0. The van der Waals surface area contributed by atoms with E-state index in [1.165, 1.54) is 0 Å². The molecule has 1 saturated heterocycles. The van der Waals surface area contributed by atoms with Gasteiger partial charge in [-0.3, -0.25) is 9.69 Å². The van der Waals surface area contributed by atoms with Crippen molar-refractivity contribution in [1.29, 1.82) is 0 Å². The van der Waals surface area contributed by atoms with Crippen LogP contribution in [0.25, 0.3) is 16.7 Å². The first-order valence-corrected chi connectivity index (χ1v) is 12.4. The first kappa shape index (κ1) is 25.1. The van der Waals surface area contributed by atoms with Crippen LogP contribution in [-0.4, -0.2) is 70.5 Å². The van der Waals surface area contributed by atoms with Crippen LogP contribution in [0.2, 0.25) is 0 Å². The lowest BCUT2D eigenvalue weighted by molar-refractivity contribution is 0.0572. The number of likely N-dealkylation sites (tertiary alicyclic amines) is 1. The number of ketones is 1. The highest BCUT2D eigenvalue weighted by molar-refractivity contribution is 6.11. The van der Waals surface area contributed by atoms with Crippen molar-refractivity contribution in [2.45, 2.75) is 46.4 Å². The van der Waals surface area contributed by atoms with Crippen molar-refractivity contribution in [3.05, 3.63) is 59.7 Å². The van der Waals surface area contributed by atoms with E-state index in [0.717, 1.165) is 27.8 Å². The zero-order chi connectivity index (χ0) is 26.5. The lowest BCUT2D eigenvalue weighted by Crippen LogP contribution is -2.22. The first-order valence-electron chi connectivity index (χ1n) is 12.4. The standard InChI is InChI=1S/C27H33N7O3/c1-16-17(11-33-14-22(35)23(36)15-33)12-34(31-16)24-8-9-28-26(30-24)29-18-6-7-21-19(10-18)20(13-32(21)5)25(37)27(2,3)4/h6-10,12-13,22-23,35-36H,11,14-15H2,1-5H3,(H,28,29,30)/t22-,23+. The van der Waals surface area contributed by atoms with Gasteiger partial charge in [-0.15, -0.1) is 0 Å². The number of anilines is 2. The molecule has 10 nitrogen and oxygen atoms in total. The fraction of sp³-hybridized carbons (Fsp3) is 0.407. The SMILES string of the molecule is Cc1nn(-c2ccnc(Nc3ccc4c(c3)c(C(=O)C(C)(C)C)cn4C)n2)cc1CN1C[C@@H](O)[C@@H](O)C1. The normalized spacial score (nSPS) is 18.6. The topological polar surface area (TPSA) is 121 Å². The number of aliphatic hydroxyl groups excluding tert-OH is 2. The molecule has 0 amide bonds. The van der Waals surface area contributed by atoms with Crippen molar-refractivity contribution in [2.75, 3.05) is 18.4 Å². The van der Waals surface area contributed by atoms with Crippen LogP contribution in [0, 0.1) is 12.3 Å². The van der Waals surface area contributed by atoms with Gasteiger partial charge >= 0.3 is 0 Å². The number of nitrogens with zero attached hydrogens (tertiary/aromatic N) is 6. The molecule has 5 rings (SSSR count). The van der Waals surface area contributed by atoms with Crippen LogP contribution < -0.4 is 5.32 Å². The number of Topliss-reactive ketones (excluding diaryl/α,β-unsaturated/α-hetero) is 1. The Morgan fingerprint density at radius 3 is 2.57 bits per heavy atom. The number of aryl methyl sites for hydroxylation is 2. The Hall–Kier alpha value is -3.60. The number of aromatic nitrogens is 5. The quantitative estimate of drug-likeness (QED) is 0.344. The Morgan fingerprint density at radius 1 is 1.14 bits per heavy atom. The van der Waals surface area contributed by atoms with Gasteiger partial charge in [0.05, 0.1) is 17.9 Å². The molecule has 2 atom stereocenters. The van der Waals surface area contributed by atoms with Gasteiger partial charge in [0.15, 0.2) is 11.6 Å². The molecule has 194 valence electrons. The van der Waals surface area contributed by atoms with Gasteiger partial charge in [0.1, 0.15) is 0 Å². The zero-order valence-electron chi connectivity index (χ0n) is 21.8. The van der Waals surface area contributed by atoms with Crippen molar-refractivity contribution in [1.82, 2.24) is 29.2 Å². The molecule has 1 aromatic carbocycles. The van der Waals surface area contributed by atoms with E-state index >= 15 is 0 Å². The van der Waals surface area contributed by atoms with E-state index in [-0.39, 0.29) is 5.78 Å². The monoisotopic (exact) mass is 503 g/mol. The van der Waals surface area contributed by atoms with E-state index in [2.05, 4.69) is 20.4 Å². The number of rotatable bonds is 6. The van der Waals surface area contributed by atoms with E-state index < -0.39 is 17.6 Å². The molecule has 1 aliphatic heterocycles. The third-order valence-corrected chi connectivity index (χ3v) is 6.78. The van der Waals surface area contributed by atoms with Crippen LogP contribution >= 0.6 is 0 Å². The molecule has 10 heteroatoms. The fourth-order valence-electron chi connectivity index (χ4n) is 4.71. The lowest BCUT2D eigenvalue weighted by Gasteiger charge is -2.16. The fourth-order valence-corrected chi connectivity index (χ4v) is 4.71. The summed E-state index contributed by atoms with van der Waals surface area (Å²) >= 11 is 0. The molecule has 1 aliphatic rings. The Labute approximate surface area is 215 Å². The highest BCUT2D eigenvalue weighted by Gasteiger charge is 2.30. The van der Waals surface area contributed by atoms with Crippen LogP contribution in [0.1, 0.15) is 42.4 Å². The van der Waals surface area contributed by atoms with Gasteiger partial charge in [-0.2, -0.15) is 10.1 Å². The highest BCUT2D eigenvalue weighted by Crippen LogP contribution is 2.30. The number of hydrogen-bond acceptors (Lipinski definition) is 8. The van der Waals surface area contributed by atoms with Crippen LogP contribution in [0.3, 0.4) is 0 Å². The Kier molecular flexibility index (Phi) is 6.35. The van der Waals surface area contributed by atoms with Crippen molar-refractivity contribution in [3.8, 4) is 5.82 Å². The molecule has 0 saturated carbocycles. The van der Waals surface area contributed by atoms with Crippen molar-refractivity contribution in [3.63, 3.8) is 0 Å². The summed E-state index contributed by atoms with van der Waals surface area (Å²) in [4.78, 5) is 24.1. The number of carbonyl (C=O) groups is 1. The molecule has 3 aromatic heterocycles. The molecule has 0 radical (unpaired) electrons. The summed E-state index contributed by atoms with van der Waals surface area (Å²) in [6.45, 7) is 9.16. The molecular weight excluding hydrogens is 470 g/mol. The Morgan fingerprint density at radius 2 is 1.86 bits per heavy atom. The molecule has 0 spiro atoms. The van der Waals surface area contributed by atoms with E-state index in [4.69, 9.17) is 0 Å². The molecular formula is C27H33N7O3. The number of hydrogen-bond donors (Lipinski definition) is 3. The minimum absolute atomic E-state index is 0.0938. The van der Waals surface area contributed by atoms with Gasteiger partial charge in [0.25, 0.3) is 0 Å². The Balaban J connectivity index is 1.38. The maximum Gasteiger partial charge on any atom is 0.229 e. The number of aliphatic hydroxyl groups is 2. The maximum absolute atomic E-state index is 13.0. The van der Waals surface area contributed by atoms with E-state index in [1.807, 2.05) is 74.8 Å². The summed E-state index contributed by atoms with van der Waals surface area (Å²) in [6.07, 6.45) is 4.04. The largest absolute Gasteiger partial charge is 0.389 e. The molecule has 0 unspecified atom stereocenters. The zero-order valence-corrected chi connectivity index (χ0v) is 21.8. The number of β-amino-alcohol motifs (C(OH)–C–C–N with tert-alkyl or cyclic N) is 2. The van der Waals surface area contributed by atoms with Crippen molar-refractivity contribution in [2.24, 2.45) is 12.5 Å². The predicted molar refractivity (Wildman–Crippen MR) is 141 cm³/mol. The first-order chi connectivity index (χ1) is 17.5. The highest BCUT2D eigenvalue weighted by atomic mass is 16.3. The van der Waals surface area contributed by atoms with Crippen molar-refractivity contribution < 1.29 is 15.0 Å². The average Bonchev–Trinajstić information content (AvgIpc) is 3.47. The van der Waals surface area contributed by atoms with Crippen LogP contribution in [-0.2, 0) is 13.6 Å². The van der Waals surface area contributed by atoms with Gasteiger partial charge in [-0.1, -0.05) is 20.8 Å². The predicted octanol–water partition coefficient (Wildman–Crippen LogP) is 2.97. The lowest BCUT2D eigenvalue weighted by atomic mass is 9.86. The molecule has 0 bridgehead atoms. The van der Waals surface area contributed by atoms with Gasteiger partial charge in [-0.05, 0) is 25.1 Å².